The molecule has 2 rings (SSSR count). The van der Waals surface area contributed by atoms with Crippen molar-refractivity contribution >= 4 is 17.2 Å². The normalized spacial score (nSPS) is 11.5. The van der Waals surface area contributed by atoms with Gasteiger partial charge in [-0.3, -0.25) is 4.79 Å². The molecule has 0 bridgehead atoms. The van der Waals surface area contributed by atoms with E-state index >= 15 is 0 Å². The van der Waals surface area contributed by atoms with Crippen molar-refractivity contribution in [3.8, 4) is 0 Å². The van der Waals surface area contributed by atoms with Crippen LogP contribution >= 0.6 is 11.3 Å². The molecule has 0 atom stereocenters. The second-order valence-electron chi connectivity index (χ2n) is 7.74. The molecule has 5 heteroatoms. The minimum Gasteiger partial charge on any atom is -0.353 e. The maximum Gasteiger partial charge on any atom is 0.226 e. The van der Waals surface area contributed by atoms with Crippen LogP contribution in [0.2, 0.25) is 0 Å². The van der Waals surface area contributed by atoms with E-state index in [1.807, 2.05) is 5.38 Å². The molecule has 1 amide bonds. The number of hydrogen-bond acceptors (Lipinski definition) is 3. The van der Waals surface area contributed by atoms with Crippen LogP contribution in [0.4, 0.5) is 4.39 Å². The van der Waals surface area contributed by atoms with E-state index < -0.39 is 0 Å². The molecule has 3 nitrogen and oxygen atoms in total. The third-order valence-electron chi connectivity index (χ3n) is 4.09. The largest absolute Gasteiger partial charge is 0.353 e. The smallest absolute Gasteiger partial charge is 0.226 e. The first-order chi connectivity index (χ1) is 12.3. The zero-order valence-electron chi connectivity index (χ0n) is 16.1. The maximum absolute atomic E-state index is 13.0. The standard InChI is InChI=1S/C21H29FN2OS/c1-14(2)9-18(10-15(3)4)23-20(25)12-19-13-26-21(24-19)11-16-5-7-17(22)8-6-16/h5-8,13-15,18H,9-12H2,1-4H3,(H,23,25). The monoisotopic (exact) mass is 376 g/mol. The van der Waals surface area contributed by atoms with Gasteiger partial charge in [0.1, 0.15) is 5.82 Å². The molecule has 0 aliphatic heterocycles. The van der Waals surface area contributed by atoms with Gasteiger partial charge in [-0.1, -0.05) is 39.8 Å². The van der Waals surface area contributed by atoms with Gasteiger partial charge in [0.05, 0.1) is 17.1 Å². The van der Waals surface area contributed by atoms with Crippen LogP contribution in [0, 0.1) is 17.7 Å². The highest BCUT2D eigenvalue weighted by Gasteiger charge is 2.16. The summed E-state index contributed by atoms with van der Waals surface area (Å²) in [6.07, 6.45) is 2.97. The molecule has 0 aliphatic rings. The van der Waals surface area contributed by atoms with E-state index in [1.165, 1.54) is 12.1 Å². The van der Waals surface area contributed by atoms with Crippen molar-refractivity contribution in [1.29, 1.82) is 0 Å². The van der Waals surface area contributed by atoms with Crippen LogP contribution in [0.5, 0.6) is 0 Å². The number of carbonyl (C=O) groups is 1. The lowest BCUT2D eigenvalue weighted by atomic mass is 9.95. The van der Waals surface area contributed by atoms with E-state index in [0.717, 1.165) is 29.1 Å². The minimum atomic E-state index is -0.234. The van der Waals surface area contributed by atoms with E-state index in [4.69, 9.17) is 0 Å². The molecular weight excluding hydrogens is 347 g/mol. The van der Waals surface area contributed by atoms with E-state index in [2.05, 4.69) is 38.0 Å². The molecule has 0 saturated carbocycles. The third kappa shape index (κ3) is 7.24. The van der Waals surface area contributed by atoms with Crippen LogP contribution in [0.15, 0.2) is 29.6 Å². The molecule has 0 radical (unpaired) electrons. The van der Waals surface area contributed by atoms with Gasteiger partial charge in [0.2, 0.25) is 5.91 Å². The summed E-state index contributed by atoms with van der Waals surface area (Å²) in [6.45, 7) is 8.73. The van der Waals surface area contributed by atoms with Gasteiger partial charge in [0, 0.05) is 17.8 Å². The molecule has 0 unspecified atom stereocenters. The summed E-state index contributed by atoms with van der Waals surface area (Å²) < 4.78 is 13.0. The Morgan fingerprint density at radius 3 is 2.31 bits per heavy atom. The van der Waals surface area contributed by atoms with Gasteiger partial charge in [0.25, 0.3) is 0 Å². The lowest BCUT2D eigenvalue weighted by molar-refractivity contribution is -0.121. The first-order valence-electron chi connectivity index (χ1n) is 9.29. The number of benzene rings is 1. The van der Waals surface area contributed by atoms with Gasteiger partial charge >= 0.3 is 0 Å². The van der Waals surface area contributed by atoms with Crippen LogP contribution in [-0.4, -0.2) is 16.9 Å². The highest BCUT2D eigenvalue weighted by atomic mass is 32.1. The summed E-state index contributed by atoms with van der Waals surface area (Å²) >= 11 is 1.55. The SMILES string of the molecule is CC(C)CC(CC(C)C)NC(=O)Cc1csc(Cc2ccc(F)cc2)n1. The molecule has 2 aromatic rings. The number of carbonyl (C=O) groups excluding carboxylic acids is 1. The Balaban J connectivity index is 1.90. The van der Waals surface area contributed by atoms with E-state index in [9.17, 15) is 9.18 Å². The van der Waals surface area contributed by atoms with Crippen LogP contribution in [0.25, 0.3) is 0 Å². The zero-order chi connectivity index (χ0) is 19.1. The van der Waals surface area contributed by atoms with Crippen LogP contribution in [0.3, 0.4) is 0 Å². The van der Waals surface area contributed by atoms with Gasteiger partial charge in [-0.25, -0.2) is 9.37 Å². The fourth-order valence-electron chi connectivity index (χ4n) is 3.08. The average Bonchev–Trinajstić information content (AvgIpc) is 2.95. The Kier molecular flexibility index (Phi) is 7.76. The van der Waals surface area contributed by atoms with Gasteiger partial charge in [-0.05, 0) is 42.4 Å². The second-order valence-corrected chi connectivity index (χ2v) is 8.68. The quantitative estimate of drug-likeness (QED) is 0.670. The van der Waals surface area contributed by atoms with Crippen molar-refractivity contribution < 1.29 is 9.18 Å². The predicted octanol–water partition coefficient (Wildman–Crippen LogP) is 4.99. The Labute approximate surface area is 160 Å². The van der Waals surface area contributed by atoms with Gasteiger partial charge in [-0.15, -0.1) is 11.3 Å². The van der Waals surface area contributed by atoms with Crippen LogP contribution in [-0.2, 0) is 17.6 Å². The van der Waals surface area contributed by atoms with E-state index in [-0.39, 0.29) is 17.8 Å². The number of nitrogens with one attached hydrogen (secondary N) is 1. The van der Waals surface area contributed by atoms with Crippen LogP contribution < -0.4 is 5.32 Å². The Morgan fingerprint density at radius 1 is 1.12 bits per heavy atom. The van der Waals surface area contributed by atoms with Crippen molar-refractivity contribution in [2.24, 2.45) is 11.8 Å². The maximum atomic E-state index is 13.0. The van der Waals surface area contributed by atoms with Crippen LogP contribution in [0.1, 0.15) is 56.8 Å². The first-order valence-corrected chi connectivity index (χ1v) is 10.2. The molecule has 142 valence electrons. The lowest BCUT2D eigenvalue weighted by Gasteiger charge is -2.22. The molecule has 1 aromatic carbocycles. The molecule has 0 aliphatic carbocycles. The van der Waals surface area contributed by atoms with Gasteiger partial charge in [-0.2, -0.15) is 0 Å². The second kappa shape index (κ2) is 9.81. The number of nitrogens with zero attached hydrogens (tertiary/aromatic N) is 1. The summed E-state index contributed by atoms with van der Waals surface area (Å²) in [7, 11) is 0. The fraction of sp³-hybridized carbons (Fsp3) is 0.524. The molecule has 1 heterocycles. The Hall–Kier alpha value is -1.75. The lowest BCUT2D eigenvalue weighted by Crippen LogP contribution is -2.37. The Bertz CT molecular complexity index is 684. The van der Waals surface area contributed by atoms with Crippen molar-refractivity contribution in [3.63, 3.8) is 0 Å². The average molecular weight is 377 g/mol. The van der Waals surface area contributed by atoms with Crippen molar-refractivity contribution in [2.45, 2.75) is 59.4 Å². The topological polar surface area (TPSA) is 42.0 Å². The number of aromatic nitrogens is 1. The summed E-state index contributed by atoms with van der Waals surface area (Å²) in [4.78, 5) is 17.0. The number of hydrogen-bond donors (Lipinski definition) is 1. The van der Waals surface area contributed by atoms with Gasteiger partial charge in [0.15, 0.2) is 0 Å². The predicted molar refractivity (Wildman–Crippen MR) is 106 cm³/mol. The summed E-state index contributed by atoms with van der Waals surface area (Å²) in [5, 5.41) is 6.06. The number of halogens is 1. The number of thiazole rings is 1. The Morgan fingerprint density at radius 2 is 1.73 bits per heavy atom. The van der Waals surface area contributed by atoms with E-state index in [1.54, 1.807) is 23.5 Å². The summed E-state index contributed by atoms with van der Waals surface area (Å²) in [5.41, 5.74) is 1.82. The van der Waals surface area contributed by atoms with Crippen molar-refractivity contribution in [3.05, 3.63) is 51.7 Å². The molecular formula is C21H29FN2OS. The van der Waals surface area contributed by atoms with Gasteiger partial charge < -0.3 is 5.32 Å². The number of amides is 1. The fourth-order valence-corrected chi connectivity index (χ4v) is 3.91. The molecule has 1 aromatic heterocycles. The van der Waals surface area contributed by atoms with E-state index in [0.29, 0.717) is 24.7 Å². The third-order valence-corrected chi connectivity index (χ3v) is 4.98. The molecule has 0 fully saturated rings. The highest BCUT2D eigenvalue weighted by molar-refractivity contribution is 7.09. The number of rotatable bonds is 9. The molecule has 0 spiro atoms. The van der Waals surface area contributed by atoms with Crippen molar-refractivity contribution in [1.82, 2.24) is 10.3 Å². The zero-order valence-corrected chi connectivity index (χ0v) is 16.9. The van der Waals surface area contributed by atoms with Crippen molar-refractivity contribution in [2.75, 3.05) is 0 Å². The minimum absolute atomic E-state index is 0.0370. The summed E-state index contributed by atoms with van der Waals surface area (Å²) in [6, 6.07) is 6.68. The molecule has 1 N–H and O–H groups in total. The molecule has 0 saturated heterocycles. The highest BCUT2D eigenvalue weighted by Crippen LogP contribution is 2.17. The molecule has 26 heavy (non-hydrogen) atoms. The summed E-state index contributed by atoms with van der Waals surface area (Å²) in [5.74, 6) is 0.916. The first kappa shape index (κ1) is 20.6.